The van der Waals surface area contributed by atoms with Crippen molar-refractivity contribution in [3.63, 3.8) is 0 Å². The van der Waals surface area contributed by atoms with Gasteiger partial charge in [0, 0.05) is 24.3 Å². The van der Waals surface area contributed by atoms with E-state index in [0.717, 1.165) is 19.3 Å². The van der Waals surface area contributed by atoms with Crippen molar-refractivity contribution >= 4 is 5.91 Å². The van der Waals surface area contributed by atoms with Gasteiger partial charge >= 0.3 is 0 Å². The molecule has 6 unspecified atom stereocenters. The Morgan fingerprint density at radius 1 is 1.15 bits per heavy atom. The van der Waals surface area contributed by atoms with Crippen molar-refractivity contribution in [2.24, 2.45) is 29.1 Å². The van der Waals surface area contributed by atoms with Crippen LogP contribution in [0.3, 0.4) is 0 Å². The first-order valence-corrected chi connectivity index (χ1v) is 11.0. The third-order valence-corrected chi connectivity index (χ3v) is 8.00. The highest BCUT2D eigenvalue weighted by molar-refractivity contribution is 5.79. The summed E-state index contributed by atoms with van der Waals surface area (Å²) in [6.45, 7) is 11.4. The molecule has 1 aliphatic heterocycles. The van der Waals surface area contributed by atoms with E-state index in [2.05, 4.69) is 46.0 Å². The number of fused-ring (bicyclic) bond motifs is 1. The van der Waals surface area contributed by atoms with Crippen molar-refractivity contribution in [3.05, 3.63) is 11.8 Å². The van der Waals surface area contributed by atoms with Gasteiger partial charge in [-0.25, -0.2) is 0 Å². The molecule has 1 saturated carbocycles. The van der Waals surface area contributed by atoms with E-state index in [9.17, 15) is 4.79 Å². The Morgan fingerprint density at radius 3 is 2.62 bits per heavy atom. The molecule has 3 nitrogen and oxygen atoms in total. The van der Waals surface area contributed by atoms with E-state index in [4.69, 9.17) is 4.74 Å². The van der Waals surface area contributed by atoms with Gasteiger partial charge in [0.2, 0.25) is 5.91 Å². The summed E-state index contributed by atoms with van der Waals surface area (Å²) in [7, 11) is 0. The average Bonchev–Trinajstić information content (AvgIpc) is 2.98. The van der Waals surface area contributed by atoms with Gasteiger partial charge in [0.15, 0.2) is 0 Å². The molecule has 1 saturated heterocycles. The fraction of sp³-hybridized carbons (Fsp3) is 0.870. The smallest absolute Gasteiger partial charge is 0.223 e. The Morgan fingerprint density at radius 2 is 1.92 bits per heavy atom. The molecule has 3 aliphatic rings. The Kier molecular flexibility index (Phi) is 6.04. The molecule has 1 N–H and O–H groups in total. The Labute approximate surface area is 160 Å². The lowest BCUT2D eigenvalue weighted by Crippen LogP contribution is -2.48. The van der Waals surface area contributed by atoms with Crippen LogP contribution < -0.4 is 5.32 Å². The van der Waals surface area contributed by atoms with E-state index in [-0.39, 0.29) is 29.4 Å². The molecule has 3 rings (SSSR count). The highest BCUT2D eigenvalue weighted by Gasteiger charge is 2.55. The summed E-state index contributed by atoms with van der Waals surface area (Å²) in [6, 6.07) is 0.286. The number of carbonyl (C=O) groups is 1. The lowest BCUT2D eigenvalue weighted by atomic mass is 9.60. The van der Waals surface area contributed by atoms with Crippen LogP contribution in [0.1, 0.15) is 86.0 Å². The fourth-order valence-electron chi connectivity index (χ4n) is 6.21. The van der Waals surface area contributed by atoms with E-state index in [0.29, 0.717) is 17.8 Å². The molecular formula is C23H39NO2. The standard InChI is InChI=1S/C23H39NO2/c1-15-11-12-16(2)24-22(25)17(3)23(5)20(15)13-14-21(23)18(4)26-19-9-7-6-8-10-19/h9,15-18,20-21H,6-8,10-14H2,1-5H3,(H,24,25)/t15?,16?,17?,18-,20?,21?,23?/m1/s1. The predicted molar refractivity (Wildman–Crippen MR) is 107 cm³/mol. The second kappa shape index (κ2) is 7.94. The minimum Gasteiger partial charge on any atom is -0.495 e. The molecule has 2 fully saturated rings. The molecule has 7 atom stereocenters. The van der Waals surface area contributed by atoms with Crippen LogP contribution in [-0.2, 0) is 9.53 Å². The molecule has 1 amide bonds. The van der Waals surface area contributed by atoms with Gasteiger partial charge in [0.25, 0.3) is 0 Å². The number of nitrogens with one attached hydrogen (secondary N) is 1. The van der Waals surface area contributed by atoms with Gasteiger partial charge in [-0.15, -0.1) is 0 Å². The van der Waals surface area contributed by atoms with Crippen LogP contribution in [0.15, 0.2) is 11.8 Å². The van der Waals surface area contributed by atoms with E-state index < -0.39 is 0 Å². The highest BCUT2D eigenvalue weighted by atomic mass is 16.5. The summed E-state index contributed by atoms with van der Waals surface area (Å²) in [4.78, 5) is 13.0. The molecule has 3 heteroatoms. The van der Waals surface area contributed by atoms with Crippen molar-refractivity contribution in [1.82, 2.24) is 5.32 Å². The maximum absolute atomic E-state index is 13.0. The van der Waals surface area contributed by atoms with E-state index in [1.165, 1.54) is 37.9 Å². The molecule has 0 aromatic carbocycles. The monoisotopic (exact) mass is 361 g/mol. The molecule has 1 heterocycles. The zero-order valence-electron chi connectivity index (χ0n) is 17.5. The van der Waals surface area contributed by atoms with Gasteiger partial charge in [-0.1, -0.05) is 20.8 Å². The first kappa shape index (κ1) is 19.8. The van der Waals surface area contributed by atoms with Crippen molar-refractivity contribution in [2.45, 2.75) is 98.1 Å². The van der Waals surface area contributed by atoms with Crippen LogP contribution >= 0.6 is 0 Å². The van der Waals surface area contributed by atoms with Crippen LogP contribution in [0.25, 0.3) is 0 Å². The van der Waals surface area contributed by atoms with E-state index >= 15 is 0 Å². The van der Waals surface area contributed by atoms with Gasteiger partial charge in [-0.05, 0) is 82.1 Å². The summed E-state index contributed by atoms with van der Waals surface area (Å²) in [6.07, 6.45) is 12.0. The molecule has 0 aromatic heterocycles. The fourth-order valence-corrected chi connectivity index (χ4v) is 6.21. The molecular weight excluding hydrogens is 322 g/mol. The van der Waals surface area contributed by atoms with Gasteiger partial charge in [0.1, 0.15) is 0 Å². The van der Waals surface area contributed by atoms with Gasteiger partial charge < -0.3 is 10.1 Å². The Hall–Kier alpha value is -0.990. The topological polar surface area (TPSA) is 38.3 Å². The van der Waals surface area contributed by atoms with E-state index in [1.807, 2.05) is 0 Å². The minimum absolute atomic E-state index is 0.0161. The van der Waals surface area contributed by atoms with Crippen molar-refractivity contribution in [1.29, 1.82) is 0 Å². The summed E-state index contributed by atoms with van der Waals surface area (Å²) in [5.41, 5.74) is 0.0161. The average molecular weight is 362 g/mol. The molecule has 0 bridgehead atoms. The minimum atomic E-state index is 0.0161. The largest absolute Gasteiger partial charge is 0.495 e. The van der Waals surface area contributed by atoms with Crippen molar-refractivity contribution in [2.75, 3.05) is 0 Å². The number of hydrogen-bond acceptors (Lipinski definition) is 2. The third kappa shape index (κ3) is 3.68. The van der Waals surface area contributed by atoms with E-state index in [1.54, 1.807) is 0 Å². The maximum atomic E-state index is 13.0. The first-order valence-electron chi connectivity index (χ1n) is 11.0. The molecule has 0 radical (unpaired) electrons. The lowest BCUT2D eigenvalue weighted by Gasteiger charge is -2.45. The zero-order valence-corrected chi connectivity index (χ0v) is 17.5. The molecule has 148 valence electrons. The second-order valence-electron chi connectivity index (χ2n) is 9.58. The number of rotatable bonds is 3. The molecule has 0 aromatic rings. The third-order valence-electron chi connectivity index (χ3n) is 8.00. The van der Waals surface area contributed by atoms with Crippen LogP contribution in [-0.4, -0.2) is 18.1 Å². The Balaban J connectivity index is 1.84. The maximum Gasteiger partial charge on any atom is 0.223 e. The van der Waals surface area contributed by atoms with Crippen LogP contribution in [0, 0.1) is 29.1 Å². The molecule has 26 heavy (non-hydrogen) atoms. The van der Waals surface area contributed by atoms with Crippen LogP contribution in [0.5, 0.6) is 0 Å². The number of amides is 1. The quantitative estimate of drug-likeness (QED) is 0.725. The second-order valence-corrected chi connectivity index (χ2v) is 9.58. The molecule has 2 aliphatic carbocycles. The number of allylic oxidation sites excluding steroid dienone is 2. The Bertz CT molecular complexity index is 542. The summed E-state index contributed by atoms with van der Waals surface area (Å²) < 4.78 is 6.46. The van der Waals surface area contributed by atoms with Gasteiger partial charge in [-0.3, -0.25) is 4.79 Å². The summed E-state index contributed by atoms with van der Waals surface area (Å²) in [5.74, 6) is 3.21. The lowest BCUT2D eigenvalue weighted by molar-refractivity contribution is -0.133. The number of ether oxygens (including phenoxy) is 1. The summed E-state index contributed by atoms with van der Waals surface area (Å²) >= 11 is 0. The van der Waals surface area contributed by atoms with Gasteiger partial charge in [0.05, 0.1) is 11.9 Å². The molecule has 0 spiro atoms. The number of hydrogen-bond donors (Lipinski definition) is 1. The SMILES string of the molecule is CC1CCC(C)C2CCC([C@@H](C)OC3=CCCCC3)C2(C)C(C)C(=O)N1. The normalized spacial score (nSPS) is 42.6. The zero-order chi connectivity index (χ0) is 18.9. The van der Waals surface area contributed by atoms with Crippen LogP contribution in [0.2, 0.25) is 0 Å². The van der Waals surface area contributed by atoms with Crippen LogP contribution in [0.4, 0.5) is 0 Å². The van der Waals surface area contributed by atoms with Crippen molar-refractivity contribution in [3.8, 4) is 0 Å². The van der Waals surface area contributed by atoms with Gasteiger partial charge in [-0.2, -0.15) is 0 Å². The number of carbonyl (C=O) groups excluding carboxylic acids is 1. The van der Waals surface area contributed by atoms with Crippen molar-refractivity contribution < 1.29 is 9.53 Å². The summed E-state index contributed by atoms with van der Waals surface area (Å²) in [5, 5.41) is 3.28. The highest BCUT2D eigenvalue weighted by Crippen LogP contribution is 2.58. The first-order chi connectivity index (χ1) is 12.3. The predicted octanol–water partition coefficient (Wildman–Crippen LogP) is 5.45.